The molecule has 0 bridgehead atoms. The zero-order chi connectivity index (χ0) is 12.4. The molecule has 0 spiro atoms. The third-order valence-electron chi connectivity index (χ3n) is 3.80. The predicted octanol–water partition coefficient (Wildman–Crippen LogP) is 3.49. The highest BCUT2D eigenvalue weighted by Gasteiger charge is 2.20. The van der Waals surface area contributed by atoms with Crippen molar-refractivity contribution in [1.82, 2.24) is 5.32 Å². The molecule has 0 fully saturated rings. The minimum atomic E-state index is 0.287. The van der Waals surface area contributed by atoms with E-state index < -0.39 is 0 Å². The van der Waals surface area contributed by atoms with Crippen LogP contribution in [0.5, 0.6) is 0 Å². The van der Waals surface area contributed by atoms with Gasteiger partial charge < -0.3 is 9.73 Å². The van der Waals surface area contributed by atoms with Crippen LogP contribution in [0, 0.1) is 0 Å². The summed E-state index contributed by atoms with van der Waals surface area (Å²) >= 11 is 0. The molecule has 18 heavy (non-hydrogen) atoms. The lowest BCUT2D eigenvalue weighted by molar-refractivity contribution is 0.366. The van der Waals surface area contributed by atoms with Gasteiger partial charge >= 0.3 is 0 Å². The summed E-state index contributed by atoms with van der Waals surface area (Å²) in [7, 11) is 0. The third kappa shape index (κ3) is 2.34. The first-order chi connectivity index (χ1) is 8.83. The SMILES string of the molecule is C[C@@H](NC1CCc2ccccc2C1)c1ccco1. The Morgan fingerprint density at radius 3 is 2.78 bits per heavy atom. The number of aryl methyl sites for hydroxylation is 1. The molecule has 1 unspecified atom stereocenters. The Morgan fingerprint density at radius 2 is 2.00 bits per heavy atom. The van der Waals surface area contributed by atoms with Gasteiger partial charge in [-0.25, -0.2) is 0 Å². The van der Waals surface area contributed by atoms with Gasteiger partial charge in [-0.15, -0.1) is 0 Å². The van der Waals surface area contributed by atoms with Crippen molar-refractivity contribution in [3.05, 3.63) is 59.5 Å². The minimum Gasteiger partial charge on any atom is -0.468 e. The van der Waals surface area contributed by atoms with Crippen LogP contribution in [-0.4, -0.2) is 6.04 Å². The van der Waals surface area contributed by atoms with Gasteiger partial charge in [0.05, 0.1) is 12.3 Å². The molecule has 1 heterocycles. The average Bonchev–Trinajstić information content (AvgIpc) is 2.92. The topological polar surface area (TPSA) is 25.2 Å². The fourth-order valence-electron chi connectivity index (χ4n) is 2.81. The van der Waals surface area contributed by atoms with Crippen LogP contribution in [0.4, 0.5) is 0 Å². The summed E-state index contributed by atoms with van der Waals surface area (Å²) in [5.74, 6) is 1.02. The molecule has 2 atom stereocenters. The van der Waals surface area contributed by atoms with E-state index in [0.29, 0.717) is 6.04 Å². The van der Waals surface area contributed by atoms with Gasteiger partial charge in [-0.1, -0.05) is 24.3 Å². The van der Waals surface area contributed by atoms with Gasteiger partial charge in [-0.2, -0.15) is 0 Å². The zero-order valence-corrected chi connectivity index (χ0v) is 10.7. The Hall–Kier alpha value is -1.54. The van der Waals surface area contributed by atoms with E-state index in [1.807, 2.05) is 12.1 Å². The number of fused-ring (bicyclic) bond motifs is 1. The second-order valence-corrected chi connectivity index (χ2v) is 5.11. The number of hydrogen-bond acceptors (Lipinski definition) is 2. The highest BCUT2D eigenvalue weighted by atomic mass is 16.3. The number of rotatable bonds is 3. The van der Waals surface area contributed by atoms with E-state index in [1.165, 1.54) is 24.0 Å². The van der Waals surface area contributed by atoms with Crippen LogP contribution in [0.1, 0.15) is 36.3 Å². The quantitative estimate of drug-likeness (QED) is 0.890. The maximum Gasteiger partial charge on any atom is 0.120 e. The summed E-state index contributed by atoms with van der Waals surface area (Å²) in [5, 5.41) is 3.67. The number of furan rings is 1. The average molecular weight is 241 g/mol. The molecule has 0 saturated heterocycles. The molecule has 3 rings (SSSR count). The predicted molar refractivity (Wildman–Crippen MR) is 72.5 cm³/mol. The molecule has 1 aliphatic rings. The standard InChI is InChI=1S/C16H19NO/c1-12(16-7-4-10-18-16)17-15-9-8-13-5-2-3-6-14(13)11-15/h2-7,10,12,15,17H,8-9,11H2,1H3/t12-,15?/m1/s1. The van der Waals surface area contributed by atoms with Crippen molar-refractivity contribution in [3.63, 3.8) is 0 Å². The van der Waals surface area contributed by atoms with Crippen molar-refractivity contribution in [2.75, 3.05) is 0 Å². The van der Waals surface area contributed by atoms with Crippen molar-refractivity contribution < 1.29 is 4.42 Å². The zero-order valence-electron chi connectivity index (χ0n) is 10.7. The Kier molecular flexibility index (Phi) is 3.20. The van der Waals surface area contributed by atoms with Gasteiger partial charge in [0.15, 0.2) is 0 Å². The van der Waals surface area contributed by atoms with Gasteiger partial charge in [0, 0.05) is 6.04 Å². The van der Waals surface area contributed by atoms with Crippen molar-refractivity contribution in [1.29, 1.82) is 0 Å². The first-order valence-electron chi connectivity index (χ1n) is 6.69. The van der Waals surface area contributed by atoms with E-state index in [9.17, 15) is 0 Å². The van der Waals surface area contributed by atoms with Crippen LogP contribution in [0.2, 0.25) is 0 Å². The van der Waals surface area contributed by atoms with E-state index in [0.717, 1.165) is 12.2 Å². The summed E-state index contributed by atoms with van der Waals surface area (Å²) in [5.41, 5.74) is 3.01. The summed E-state index contributed by atoms with van der Waals surface area (Å²) in [6.07, 6.45) is 5.26. The Morgan fingerprint density at radius 1 is 1.17 bits per heavy atom. The molecule has 1 aromatic heterocycles. The van der Waals surface area contributed by atoms with Crippen LogP contribution < -0.4 is 5.32 Å². The Bertz CT molecular complexity index is 504. The molecule has 0 saturated carbocycles. The number of hydrogen-bond donors (Lipinski definition) is 1. The van der Waals surface area contributed by atoms with E-state index >= 15 is 0 Å². The second kappa shape index (κ2) is 4.99. The van der Waals surface area contributed by atoms with Crippen LogP contribution >= 0.6 is 0 Å². The largest absolute Gasteiger partial charge is 0.468 e. The monoisotopic (exact) mass is 241 g/mol. The van der Waals surface area contributed by atoms with Gasteiger partial charge in [0.25, 0.3) is 0 Å². The van der Waals surface area contributed by atoms with Gasteiger partial charge in [0.2, 0.25) is 0 Å². The molecule has 94 valence electrons. The summed E-state index contributed by atoms with van der Waals surface area (Å²) in [6, 6.07) is 13.6. The third-order valence-corrected chi connectivity index (χ3v) is 3.80. The van der Waals surface area contributed by atoms with E-state index in [2.05, 4.69) is 36.5 Å². The molecular formula is C16H19NO. The molecule has 1 N–H and O–H groups in total. The summed E-state index contributed by atoms with van der Waals surface area (Å²) in [4.78, 5) is 0. The van der Waals surface area contributed by atoms with E-state index in [-0.39, 0.29) is 6.04 Å². The van der Waals surface area contributed by atoms with Crippen LogP contribution in [0.3, 0.4) is 0 Å². The van der Waals surface area contributed by atoms with Gasteiger partial charge in [-0.05, 0) is 49.4 Å². The maximum atomic E-state index is 5.44. The molecule has 1 aliphatic carbocycles. The first kappa shape index (κ1) is 11.5. The van der Waals surface area contributed by atoms with E-state index in [4.69, 9.17) is 4.42 Å². The second-order valence-electron chi connectivity index (χ2n) is 5.11. The molecule has 0 amide bonds. The van der Waals surface area contributed by atoms with Crippen LogP contribution in [0.25, 0.3) is 0 Å². The molecule has 2 heteroatoms. The molecular weight excluding hydrogens is 222 g/mol. The normalized spacial score (nSPS) is 20.4. The summed E-state index contributed by atoms with van der Waals surface area (Å²) < 4.78 is 5.44. The molecule has 0 aliphatic heterocycles. The number of nitrogens with one attached hydrogen (secondary N) is 1. The Balaban J connectivity index is 1.66. The van der Waals surface area contributed by atoms with E-state index in [1.54, 1.807) is 6.26 Å². The van der Waals surface area contributed by atoms with Crippen molar-refractivity contribution in [2.45, 2.75) is 38.3 Å². The highest BCUT2D eigenvalue weighted by molar-refractivity contribution is 5.30. The molecule has 2 nitrogen and oxygen atoms in total. The Labute approximate surface area is 108 Å². The minimum absolute atomic E-state index is 0.287. The molecule has 0 radical (unpaired) electrons. The van der Waals surface area contributed by atoms with Crippen molar-refractivity contribution >= 4 is 0 Å². The fourth-order valence-corrected chi connectivity index (χ4v) is 2.81. The van der Waals surface area contributed by atoms with Crippen molar-refractivity contribution in [3.8, 4) is 0 Å². The van der Waals surface area contributed by atoms with Gasteiger partial charge in [0.1, 0.15) is 5.76 Å². The lowest BCUT2D eigenvalue weighted by Crippen LogP contribution is -2.36. The number of benzene rings is 1. The molecule has 2 aromatic rings. The fraction of sp³-hybridized carbons (Fsp3) is 0.375. The lowest BCUT2D eigenvalue weighted by atomic mass is 9.88. The van der Waals surface area contributed by atoms with Gasteiger partial charge in [-0.3, -0.25) is 0 Å². The lowest BCUT2D eigenvalue weighted by Gasteiger charge is -2.27. The maximum absolute atomic E-state index is 5.44. The highest BCUT2D eigenvalue weighted by Crippen LogP contribution is 2.23. The van der Waals surface area contributed by atoms with Crippen molar-refractivity contribution in [2.24, 2.45) is 0 Å². The smallest absolute Gasteiger partial charge is 0.120 e. The first-order valence-corrected chi connectivity index (χ1v) is 6.69. The molecule has 1 aromatic carbocycles. The summed E-state index contributed by atoms with van der Waals surface area (Å²) in [6.45, 7) is 2.17. The van der Waals surface area contributed by atoms with Crippen LogP contribution in [-0.2, 0) is 12.8 Å². The van der Waals surface area contributed by atoms with Crippen LogP contribution in [0.15, 0.2) is 47.1 Å².